The Balaban J connectivity index is 1.98. The summed E-state index contributed by atoms with van der Waals surface area (Å²) in [6.07, 6.45) is 0.866. The van der Waals surface area contributed by atoms with E-state index in [2.05, 4.69) is 5.16 Å². The van der Waals surface area contributed by atoms with Gasteiger partial charge in [0.05, 0.1) is 13.2 Å². The topological polar surface area (TPSA) is 68.3 Å². The summed E-state index contributed by atoms with van der Waals surface area (Å²) in [6, 6.07) is 9.05. The summed E-state index contributed by atoms with van der Waals surface area (Å²) in [5.74, 6) is 1.97. The van der Waals surface area contributed by atoms with Crippen LogP contribution in [0.2, 0.25) is 0 Å². The van der Waals surface area contributed by atoms with Crippen molar-refractivity contribution in [3.8, 4) is 28.9 Å². The molecule has 1 aliphatic rings. The first kappa shape index (κ1) is 10.7. The zero-order chi connectivity index (χ0) is 12.4. The number of hydrogen-bond acceptors (Lipinski definition) is 5. The van der Waals surface area contributed by atoms with Gasteiger partial charge in [-0.15, -0.1) is 0 Å². The lowest BCUT2D eigenvalue weighted by molar-refractivity contribution is 0.297. The molecule has 0 atom stereocenters. The number of aromatic nitrogens is 1. The zero-order valence-electron chi connectivity index (χ0n) is 9.55. The van der Waals surface area contributed by atoms with Crippen molar-refractivity contribution in [2.24, 2.45) is 0 Å². The van der Waals surface area contributed by atoms with Crippen LogP contribution in [0.1, 0.15) is 12.1 Å². The van der Waals surface area contributed by atoms with Crippen LogP contribution in [-0.2, 0) is 0 Å². The maximum Gasteiger partial charge on any atom is 0.184 e. The van der Waals surface area contributed by atoms with Gasteiger partial charge in [-0.1, -0.05) is 5.16 Å². The van der Waals surface area contributed by atoms with E-state index in [1.807, 2.05) is 24.3 Å². The molecule has 18 heavy (non-hydrogen) atoms. The second kappa shape index (κ2) is 4.41. The molecule has 1 aliphatic heterocycles. The van der Waals surface area contributed by atoms with E-state index in [1.54, 1.807) is 6.07 Å². The largest absolute Gasteiger partial charge is 0.490 e. The number of hydrogen-bond donors (Lipinski definition) is 0. The number of ether oxygens (including phenoxy) is 2. The summed E-state index contributed by atoms with van der Waals surface area (Å²) in [5.41, 5.74) is 1.07. The van der Waals surface area contributed by atoms with Crippen LogP contribution >= 0.6 is 0 Å². The van der Waals surface area contributed by atoms with E-state index in [9.17, 15) is 0 Å². The molecule has 0 N–H and O–H groups in total. The monoisotopic (exact) mass is 242 g/mol. The van der Waals surface area contributed by atoms with E-state index < -0.39 is 0 Å². The molecule has 0 spiro atoms. The maximum absolute atomic E-state index is 8.71. The van der Waals surface area contributed by atoms with E-state index in [0.717, 1.165) is 17.7 Å². The van der Waals surface area contributed by atoms with Crippen LogP contribution in [0, 0.1) is 11.3 Å². The molecule has 90 valence electrons. The Labute approximate surface area is 104 Å². The molecule has 0 amide bonds. The van der Waals surface area contributed by atoms with Crippen molar-refractivity contribution in [3.63, 3.8) is 0 Å². The van der Waals surface area contributed by atoms with Crippen molar-refractivity contribution in [2.45, 2.75) is 6.42 Å². The van der Waals surface area contributed by atoms with Crippen molar-refractivity contribution in [1.82, 2.24) is 5.16 Å². The smallest absolute Gasteiger partial charge is 0.184 e. The molecule has 0 radical (unpaired) electrons. The fourth-order valence-corrected chi connectivity index (χ4v) is 1.78. The molecular formula is C13H10N2O3. The Morgan fingerprint density at radius 2 is 1.94 bits per heavy atom. The SMILES string of the molecule is N#Cc1cc(-c2ccc3c(c2)OCCCO3)on1. The summed E-state index contributed by atoms with van der Waals surface area (Å²) in [6.45, 7) is 1.30. The fourth-order valence-electron chi connectivity index (χ4n) is 1.78. The third kappa shape index (κ3) is 1.89. The van der Waals surface area contributed by atoms with Crippen LogP contribution in [0.4, 0.5) is 0 Å². The van der Waals surface area contributed by atoms with Crippen molar-refractivity contribution in [2.75, 3.05) is 13.2 Å². The average molecular weight is 242 g/mol. The Kier molecular flexibility index (Phi) is 2.61. The van der Waals surface area contributed by atoms with Crippen molar-refractivity contribution < 1.29 is 14.0 Å². The first-order chi connectivity index (χ1) is 8.86. The van der Waals surface area contributed by atoms with Crippen molar-refractivity contribution in [1.29, 1.82) is 5.26 Å². The van der Waals surface area contributed by atoms with Gasteiger partial charge in [-0.2, -0.15) is 5.26 Å². The predicted molar refractivity (Wildman–Crippen MR) is 62.3 cm³/mol. The second-order valence-electron chi connectivity index (χ2n) is 3.90. The Morgan fingerprint density at radius 1 is 1.11 bits per heavy atom. The minimum Gasteiger partial charge on any atom is -0.490 e. The van der Waals surface area contributed by atoms with Crippen LogP contribution in [0.25, 0.3) is 11.3 Å². The average Bonchev–Trinajstić information content (AvgIpc) is 2.76. The number of benzene rings is 1. The Bertz CT molecular complexity index is 613. The first-order valence-electron chi connectivity index (χ1n) is 5.63. The first-order valence-corrected chi connectivity index (χ1v) is 5.63. The lowest BCUT2D eigenvalue weighted by Gasteiger charge is -2.07. The summed E-state index contributed by atoms with van der Waals surface area (Å²) in [7, 11) is 0. The second-order valence-corrected chi connectivity index (χ2v) is 3.90. The van der Waals surface area contributed by atoms with Gasteiger partial charge >= 0.3 is 0 Å². The van der Waals surface area contributed by atoms with Gasteiger partial charge in [-0.05, 0) is 18.2 Å². The number of rotatable bonds is 1. The molecule has 0 bridgehead atoms. The number of nitriles is 1. The zero-order valence-corrected chi connectivity index (χ0v) is 9.55. The van der Waals surface area contributed by atoms with Crippen LogP contribution in [-0.4, -0.2) is 18.4 Å². The standard InChI is InChI=1S/C13H10N2O3/c14-8-10-7-12(18-15-10)9-2-3-11-13(6-9)17-5-1-4-16-11/h2-3,6-7H,1,4-5H2. The highest BCUT2D eigenvalue weighted by atomic mass is 16.5. The third-order valence-electron chi connectivity index (χ3n) is 2.66. The van der Waals surface area contributed by atoms with E-state index in [4.69, 9.17) is 19.3 Å². The summed E-state index contributed by atoms with van der Waals surface area (Å²) >= 11 is 0. The summed E-state index contributed by atoms with van der Waals surface area (Å²) in [4.78, 5) is 0. The van der Waals surface area contributed by atoms with E-state index in [0.29, 0.717) is 24.7 Å². The van der Waals surface area contributed by atoms with Gasteiger partial charge in [0.25, 0.3) is 0 Å². The van der Waals surface area contributed by atoms with Crippen LogP contribution < -0.4 is 9.47 Å². The molecule has 0 fully saturated rings. The highest BCUT2D eigenvalue weighted by Crippen LogP contribution is 2.34. The van der Waals surface area contributed by atoms with Gasteiger partial charge in [-0.25, -0.2) is 0 Å². The number of fused-ring (bicyclic) bond motifs is 1. The number of nitrogens with zero attached hydrogens (tertiary/aromatic N) is 2. The van der Waals surface area contributed by atoms with Crippen LogP contribution in [0.5, 0.6) is 11.5 Å². The fraction of sp³-hybridized carbons (Fsp3) is 0.231. The van der Waals surface area contributed by atoms with Gasteiger partial charge in [0, 0.05) is 18.1 Å². The molecule has 5 nitrogen and oxygen atoms in total. The molecule has 5 heteroatoms. The molecule has 0 saturated carbocycles. The molecule has 0 unspecified atom stereocenters. The molecule has 2 aromatic rings. The highest BCUT2D eigenvalue weighted by Gasteiger charge is 2.13. The quantitative estimate of drug-likeness (QED) is 0.767. The molecular weight excluding hydrogens is 232 g/mol. The minimum absolute atomic E-state index is 0.261. The van der Waals surface area contributed by atoms with E-state index in [1.165, 1.54) is 0 Å². The molecule has 1 aromatic carbocycles. The lowest BCUT2D eigenvalue weighted by atomic mass is 10.1. The van der Waals surface area contributed by atoms with Crippen molar-refractivity contribution in [3.05, 3.63) is 30.0 Å². The molecule has 3 rings (SSSR count). The Hall–Kier alpha value is -2.48. The predicted octanol–water partition coefficient (Wildman–Crippen LogP) is 2.37. The van der Waals surface area contributed by atoms with Gasteiger partial charge in [-0.3, -0.25) is 0 Å². The summed E-state index contributed by atoms with van der Waals surface area (Å²) in [5, 5.41) is 12.3. The van der Waals surface area contributed by atoms with Gasteiger partial charge < -0.3 is 14.0 Å². The van der Waals surface area contributed by atoms with Gasteiger partial charge in [0.2, 0.25) is 0 Å². The minimum atomic E-state index is 0.261. The normalized spacial score (nSPS) is 13.7. The van der Waals surface area contributed by atoms with Crippen LogP contribution in [0.3, 0.4) is 0 Å². The van der Waals surface area contributed by atoms with Gasteiger partial charge in [0.15, 0.2) is 23.0 Å². The molecule has 1 aromatic heterocycles. The van der Waals surface area contributed by atoms with Crippen molar-refractivity contribution >= 4 is 0 Å². The summed E-state index contributed by atoms with van der Waals surface area (Å²) < 4.78 is 16.2. The lowest BCUT2D eigenvalue weighted by Crippen LogP contribution is -1.97. The Morgan fingerprint density at radius 3 is 2.72 bits per heavy atom. The molecule has 0 aliphatic carbocycles. The van der Waals surface area contributed by atoms with Crippen LogP contribution in [0.15, 0.2) is 28.8 Å². The third-order valence-corrected chi connectivity index (χ3v) is 2.66. The highest BCUT2D eigenvalue weighted by molar-refractivity contribution is 5.63. The van der Waals surface area contributed by atoms with Gasteiger partial charge in [0.1, 0.15) is 6.07 Å². The van der Waals surface area contributed by atoms with E-state index >= 15 is 0 Å². The van der Waals surface area contributed by atoms with E-state index in [-0.39, 0.29) is 5.69 Å². The maximum atomic E-state index is 8.71. The molecule has 0 saturated heterocycles. The molecule has 2 heterocycles.